The molecule has 0 spiro atoms. The van der Waals surface area contributed by atoms with E-state index < -0.39 is 8.07 Å². The molecule has 12 heavy (non-hydrogen) atoms. The summed E-state index contributed by atoms with van der Waals surface area (Å²) in [6.07, 6.45) is 0. The molecule has 0 aliphatic heterocycles. The molecule has 5 heteroatoms. The van der Waals surface area contributed by atoms with Crippen LogP contribution in [0.5, 0.6) is 0 Å². The number of rotatable bonds is 0. The molecule has 0 aromatic rings. The fraction of sp³-hybridized carbons (Fsp3) is 0.857. The second kappa shape index (κ2) is 29.8. The van der Waals surface area contributed by atoms with E-state index in [9.17, 15) is 0 Å². The minimum absolute atomic E-state index is 0. The maximum Gasteiger partial charge on any atom is 0.0319 e. The summed E-state index contributed by atoms with van der Waals surface area (Å²) in [5.41, 5.74) is 0. The van der Waals surface area contributed by atoms with E-state index in [2.05, 4.69) is 26.2 Å². The zero-order chi connectivity index (χ0) is 10.5. The van der Waals surface area contributed by atoms with Crippen molar-refractivity contribution >= 4 is 8.07 Å². The van der Waals surface area contributed by atoms with Gasteiger partial charge in [-0.1, -0.05) is 19.6 Å². The molecule has 3 N–H and O–H groups in total. The monoisotopic (exact) mass is 231 g/mol. The van der Waals surface area contributed by atoms with E-state index in [0.29, 0.717) is 0 Å². The zero-order valence-corrected chi connectivity index (χ0v) is 11.6. The minimum atomic E-state index is -0.861. The third kappa shape index (κ3) is 1580. The molecule has 0 aromatic carbocycles. The van der Waals surface area contributed by atoms with E-state index in [4.69, 9.17) is 15.3 Å². The van der Waals surface area contributed by atoms with Gasteiger partial charge in [0.1, 0.15) is 0 Å². The maximum absolute atomic E-state index is 7.00. The van der Waals surface area contributed by atoms with Crippen LogP contribution in [0.2, 0.25) is 19.6 Å². The summed E-state index contributed by atoms with van der Waals surface area (Å²) in [5, 5.41) is 21.0. The van der Waals surface area contributed by atoms with Crippen LogP contribution < -0.4 is 0 Å². The van der Waals surface area contributed by atoms with Crippen LogP contribution in [0.4, 0.5) is 0 Å². The molecule has 0 atom stereocenters. The van der Waals surface area contributed by atoms with Gasteiger partial charge in [0.15, 0.2) is 0 Å². The molecule has 3 nitrogen and oxygen atoms in total. The third-order valence-electron chi connectivity index (χ3n) is 0. The van der Waals surface area contributed by atoms with Crippen LogP contribution in [0.25, 0.3) is 0 Å². The Bertz CT molecular complexity index is 34.1. The zero-order valence-electron chi connectivity index (χ0n) is 9.05. The molecular formula is C7H23O3SiTi-. The van der Waals surface area contributed by atoms with Crippen molar-refractivity contribution in [3.05, 3.63) is 6.55 Å². The van der Waals surface area contributed by atoms with Gasteiger partial charge in [-0.2, -0.15) is 0 Å². The van der Waals surface area contributed by atoms with Crippen LogP contribution in [-0.2, 0) is 21.7 Å². The van der Waals surface area contributed by atoms with E-state index >= 15 is 0 Å². The van der Waals surface area contributed by atoms with Crippen molar-refractivity contribution in [2.24, 2.45) is 0 Å². The average molecular weight is 231 g/mol. The van der Waals surface area contributed by atoms with Crippen molar-refractivity contribution in [3.63, 3.8) is 0 Å². The van der Waals surface area contributed by atoms with E-state index in [1.807, 2.05) is 0 Å². The summed E-state index contributed by atoms with van der Waals surface area (Å²) in [7, 11) is 2.14. The fourth-order valence-electron chi connectivity index (χ4n) is 0. The van der Waals surface area contributed by atoms with Gasteiger partial charge in [0.25, 0.3) is 0 Å². The SMILES string of the molecule is CO.CO.CO.[CH2-][Si](C)(C)C.[Ti]. The number of aliphatic hydroxyl groups is 3. The molecule has 78 valence electrons. The molecule has 0 amide bonds. The van der Waals surface area contributed by atoms with Gasteiger partial charge in [-0.3, -0.25) is 0 Å². The van der Waals surface area contributed by atoms with Crippen molar-refractivity contribution in [3.8, 4) is 0 Å². The standard InChI is InChI=1S/C4H11Si.3CH4O.Ti/c1-5(2,3)4;3*1-2;/h1H2,2-4H3;3*2H,1H3;/q-1;;;;. The van der Waals surface area contributed by atoms with Crippen LogP contribution in [0.15, 0.2) is 0 Å². The first-order valence-electron chi connectivity index (χ1n) is 3.20. The second-order valence-electron chi connectivity index (χ2n) is 2.56. The van der Waals surface area contributed by atoms with E-state index in [1.54, 1.807) is 0 Å². The Kier molecular flexibility index (Phi) is 72.6. The Morgan fingerprint density at radius 1 is 0.750 bits per heavy atom. The van der Waals surface area contributed by atoms with Crippen LogP contribution in [0.1, 0.15) is 0 Å². The van der Waals surface area contributed by atoms with Gasteiger partial charge in [0.05, 0.1) is 0 Å². The van der Waals surface area contributed by atoms with Gasteiger partial charge in [0.2, 0.25) is 0 Å². The smallest absolute Gasteiger partial charge is 0.0319 e. The molecule has 0 aliphatic rings. The summed E-state index contributed by atoms with van der Waals surface area (Å²) in [5.74, 6) is 0. The Labute approximate surface area is 92.7 Å². The van der Waals surface area contributed by atoms with Gasteiger partial charge in [-0.15, -0.1) is 8.07 Å². The number of hydrogen-bond acceptors (Lipinski definition) is 3. The predicted molar refractivity (Wildman–Crippen MR) is 53.1 cm³/mol. The Balaban J connectivity index is -0.0000000203. The van der Waals surface area contributed by atoms with Crippen molar-refractivity contribution in [2.45, 2.75) is 19.6 Å². The first kappa shape index (κ1) is 29.3. The first-order chi connectivity index (χ1) is 5.00. The number of aliphatic hydroxyl groups excluding tert-OH is 3. The number of hydrogen-bond donors (Lipinski definition) is 3. The molecule has 0 saturated carbocycles. The third-order valence-corrected chi connectivity index (χ3v) is 0. The fourth-order valence-corrected chi connectivity index (χ4v) is 0. The Morgan fingerprint density at radius 3 is 0.750 bits per heavy atom. The van der Waals surface area contributed by atoms with Gasteiger partial charge >= 0.3 is 0 Å². The largest absolute Gasteiger partial charge is 0.400 e. The Hall–Kier alpha value is 0.811. The van der Waals surface area contributed by atoms with Crippen LogP contribution in [0, 0.1) is 6.55 Å². The molecule has 0 heterocycles. The summed E-state index contributed by atoms with van der Waals surface area (Å²) in [6, 6.07) is 0. The average Bonchev–Trinajstić information content (AvgIpc) is 1.96. The van der Waals surface area contributed by atoms with Gasteiger partial charge < -0.3 is 21.9 Å². The molecule has 0 unspecified atom stereocenters. The maximum atomic E-state index is 7.00. The summed E-state index contributed by atoms with van der Waals surface area (Å²) < 4.78 is 0. The van der Waals surface area contributed by atoms with E-state index in [-0.39, 0.29) is 21.7 Å². The van der Waals surface area contributed by atoms with Crippen LogP contribution >= 0.6 is 0 Å². The molecule has 0 bridgehead atoms. The van der Waals surface area contributed by atoms with E-state index in [1.165, 1.54) is 0 Å². The van der Waals surface area contributed by atoms with Gasteiger partial charge in [-0.05, 0) is 0 Å². The second-order valence-corrected chi connectivity index (χ2v) is 7.68. The van der Waals surface area contributed by atoms with Crippen molar-refractivity contribution in [2.75, 3.05) is 21.3 Å². The minimum Gasteiger partial charge on any atom is -0.400 e. The van der Waals surface area contributed by atoms with Crippen molar-refractivity contribution in [1.29, 1.82) is 0 Å². The summed E-state index contributed by atoms with van der Waals surface area (Å²) in [6.45, 7) is 10.6. The molecule has 0 fully saturated rings. The molecule has 0 rings (SSSR count). The molecule has 0 aromatic heterocycles. The van der Waals surface area contributed by atoms with Crippen molar-refractivity contribution in [1.82, 2.24) is 0 Å². The summed E-state index contributed by atoms with van der Waals surface area (Å²) in [4.78, 5) is 0. The molecule has 0 aliphatic carbocycles. The van der Waals surface area contributed by atoms with Crippen molar-refractivity contribution < 1.29 is 37.0 Å². The quantitative estimate of drug-likeness (QED) is 0.421. The molecule has 0 saturated heterocycles. The van der Waals surface area contributed by atoms with Gasteiger partial charge in [-0.25, -0.2) is 0 Å². The van der Waals surface area contributed by atoms with Crippen LogP contribution in [-0.4, -0.2) is 44.7 Å². The van der Waals surface area contributed by atoms with Gasteiger partial charge in [0, 0.05) is 43.0 Å². The first-order valence-corrected chi connectivity index (χ1v) is 6.90. The van der Waals surface area contributed by atoms with Crippen LogP contribution in [0.3, 0.4) is 0 Å². The predicted octanol–water partition coefficient (Wildman–Crippen LogP) is 0.521. The normalized spacial score (nSPS) is 6.50. The molecule has 0 radical (unpaired) electrons. The molecular weight excluding hydrogens is 208 g/mol. The Morgan fingerprint density at radius 2 is 0.750 bits per heavy atom. The summed E-state index contributed by atoms with van der Waals surface area (Å²) >= 11 is 0. The topological polar surface area (TPSA) is 60.7 Å². The van der Waals surface area contributed by atoms with E-state index in [0.717, 1.165) is 21.3 Å².